The van der Waals surface area contributed by atoms with E-state index in [-0.39, 0.29) is 18.4 Å². The number of rotatable bonds is 11. The van der Waals surface area contributed by atoms with Crippen molar-refractivity contribution in [2.75, 3.05) is 13.2 Å². The van der Waals surface area contributed by atoms with Crippen molar-refractivity contribution in [3.05, 3.63) is 63.6 Å². The van der Waals surface area contributed by atoms with Crippen LogP contribution in [0.4, 0.5) is 0 Å². The molecule has 0 bridgehead atoms. The lowest BCUT2D eigenvalue weighted by Gasteiger charge is -2.30. The predicted molar refractivity (Wildman–Crippen MR) is 128 cm³/mol. The number of halogens is 1. The van der Waals surface area contributed by atoms with E-state index in [0.717, 1.165) is 28.4 Å². The van der Waals surface area contributed by atoms with Crippen LogP contribution in [0.1, 0.15) is 50.3 Å². The topological polar surface area (TPSA) is 58.6 Å². The van der Waals surface area contributed by atoms with Gasteiger partial charge >= 0.3 is 0 Å². The zero-order valence-electron chi connectivity index (χ0n) is 18.9. The second-order valence-corrected chi connectivity index (χ2v) is 8.48. The van der Waals surface area contributed by atoms with Crippen LogP contribution in [0.2, 0.25) is 0 Å². The Bertz CT molecular complexity index is 868. The van der Waals surface area contributed by atoms with Gasteiger partial charge in [-0.05, 0) is 65.4 Å². The lowest BCUT2D eigenvalue weighted by molar-refractivity contribution is -0.143. The molecule has 0 saturated carbocycles. The van der Waals surface area contributed by atoms with Gasteiger partial charge in [0.2, 0.25) is 5.91 Å². The van der Waals surface area contributed by atoms with Gasteiger partial charge in [0.15, 0.2) is 6.61 Å². The maximum absolute atomic E-state index is 13.2. The first-order chi connectivity index (χ1) is 14.9. The highest BCUT2D eigenvalue weighted by Crippen LogP contribution is 2.26. The number of carbonyl (C=O) groups is 2. The molecule has 1 unspecified atom stereocenters. The van der Waals surface area contributed by atoms with Crippen LogP contribution in [0.5, 0.6) is 5.75 Å². The molecule has 2 aromatic rings. The molecule has 2 rings (SSSR count). The summed E-state index contributed by atoms with van der Waals surface area (Å²) in [5.41, 5.74) is 3.32. The molecular weight excluding hydrogens is 456 g/mol. The third-order valence-electron chi connectivity index (χ3n) is 5.16. The first-order valence-corrected chi connectivity index (χ1v) is 11.7. The minimum absolute atomic E-state index is 0.127. The Morgan fingerprint density at radius 1 is 1.06 bits per heavy atom. The average Bonchev–Trinajstić information content (AvgIpc) is 2.77. The van der Waals surface area contributed by atoms with Gasteiger partial charge in [0.05, 0.1) is 4.47 Å². The summed E-state index contributed by atoms with van der Waals surface area (Å²) in [5.74, 6) is 0.271. The number of benzene rings is 2. The number of nitrogens with zero attached hydrogens (tertiary/aromatic N) is 1. The largest absolute Gasteiger partial charge is 0.483 e. The SMILES string of the molecule is CCCNC(=O)C(CC)N(Cc1ccc(C)cc1)C(=O)COc1ccc(CC)cc1Br. The van der Waals surface area contributed by atoms with E-state index in [1.165, 1.54) is 5.56 Å². The monoisotopic (exact) mass is 488 g/mol. The summed E-state index contributed by atoms with van der Waals surface area (Å²) in [6.07, 6.45) is 2.30. The van der Waals surface area contributed by atoms with Crippen molar-refractivity contribution in [3.63, 3.8) is 0 Å². The molecule has 5 nitrogen and oxygen atoms in total. The second kappa shape index (κ2) is 12.5. The number of nitrogens with one attached hydrogen (secondary N) is 1. The van der Waals surface area contributed by atoms with Crippen LogP contribution in [0.3, 0.4) is 0 Å². The van der Waals surface area contributed by atoms with Crippen LogP contribution in [0.15, 0.2) is 46.9 Å². The van der Waals surface area contributed by atoms with Crippen LogP contribution in [0, 0.1) is 6.92 Å². The first kappa shape index (κ1) is 24.9. The van der Waals surface area contributed by atoms with Crippen molar-refractivity contribution in [1.29, 1.82) is 0 Å². The van der Waals surface area contributed by atoms with Crippen LogP contribution in [-0.2, 0) is 22.6 Å². The minimum Gasteiger partial charge on any atom is -0.483 e. The predicted octanol–water partition coefficient (Wildman–Crippen LogP) is 5.03. The number of carbonyl (C=O) groups excluding carboxylic acids is 2. The lowest BCUT2D eigenvalue weighted by atomic mass is 10.1. The fraction of sp³-hybridized carbons (Fsp3) is 0.440. The number of amides is 2. The molecule has 0 heterocycles. The average molecular weight is 489 g/mol. The van der Waals surface area contributed by atoms with Crippen LogP contribution >= 0.6 is 15.9 Å². The molecule has 0 radical (unpaired) electrons. The standard InChI is InChI=1S/C25H33BrN2O3/c1-5-14-27-25(30)22(7-3)28(16-20-10-8-18(4)9-11-20)24(29)17-31-23-13-12-19(6-2)15-21(23)26/h8-13,15,22H,5-7,14,16-17H2,1-4H3,(H,27,30). The lowest BCUT2D eigenvalue weighted by Crippen LogP contribution is -2.50. The van der Waals surface area contributed by atoms with Crippen LogP contribution in [0.25, 0.3) is 0 Å². The Hall–Kier alpha value is -2.34. The Morgan fingerprint density at radius 3 is 2.32 bits per heavy atom. The highest BCUT2D eigenvalue weighted by Gasteiger charge is 2.28. The van der Waals surface area contributed by atoms with Crippen LogP contribution in [-0.4, -0.2) is 35.9 Å². The molecule has 1 atom stereocenters. The van der Waals surface area contributed by atoms with Gasteiger partial charge in [0.1, 0.15) is 11.8 Å². The number of ether oxygens (including phenoxy) is 1. The first-order valence-electron chi connectivity index (χ1n) is 10.9. The van der Waals surface area contributed by atoms with E-state index in [2.05, 4.69) is 28.2 Å². The van der Waals surface area contributed by atoms with E-state index < -0.39 is 6.04 Å². The molecule has 2 amide bonds. The van der Waals surface area contributed by atoms with Crippen molar-refractivity contribution in [3.8, 4) is 5.75 Å². The van der Waals surface area contributed by atoms with Crippen LogP contribution < -0.4 is 10.1 Å². The van der Waals surface area contributed by atoms with E-state index in [1.807, 2.05) is 63.2 Å². The quantitative estimate of drug-likeness (QED) is 0.482. The van der Waals surface area contributed by atoms with Crippen molar-refractivity contribution in [2.45, 2.75) is 59.5 Å². The molecule has 0 spiro atoms. The summed E-state index contributed by atoms with van der Waals surface area (Å²) in [6.45, 7) is 8.86. The van der Waals surface area contributed by atoms with Crippen molar-refractivity contribution < 1.29 is 14.3 Å². The zero-order valence-corrected chi connectivity index (χ0v) is 20.5. The van der Waals surface area contributed by atoms with E-state index in [1.54, 1.807) is 4.90 Å². The summed E-state index contributed by atoms with van der Waals surface area (Å²) in [7, 11) is 0. The summed E-state index contributed by atoms with van der Waals surface area (Å²) in [6, 6.07) is 13.3. The molecule has 31 heavy (non-hydrogen) atoms. The third-order valence-corrected chi connectivity index (χ3v) is 5.78. The van der Waals surface area contributed by atoms with Gasteiger partial charge in [-0.25, -0.2) is 0 Å². The normalized spacial score (nSPS) is 11.6. The molecule has 0 aliphatic carbocycles. The Labute approximate surface area is 194 Å². The highest BCUT2D eigenvalue weighted by molar-refractivity contribution is 9.10. The Morgan fingerprint density at radius 2 is 1.74 bits per heavy atom. The molecule has 0 saturated heterocycles. The van der Waals surface area contributed by atoms with Gasteiger partial charge in [0.25, 0.3) is 5.91 Å². The highest BCUT2D eigenvalue weighted by atomic mass is 79.9. The second-order valence-electron chi connectivity index (χ2n) is 7.63. The molecule has 0 aliphatic rings. The number of aryl methyl sites for hydroxylation is 2. The van der Waals surface area contributed by atoms with E-state index in [9.17, 15) is 9.59 Å². The molecule has 0 fully saturated rings. The van der Waals surface area contributed by atoms with Gasteiger partial charge in [-0.15, -0.1) is 0 Å². The zero-order chi connectivity index (χ0) is 22.8. The van der Waals surface area contributed by atoms with E-state index in [4.69, 9.17) is 4.74 Å². The number of hydrogen-bond donors (Lipinski definition) is 1. The van der Waals surface area contributed by atoms with Gasteiger partial charge in [-0.2, -0.15) is 0 Å². The van der Waals surface area contributed by atoms with E-state index in [0.29, 0.717) is 25.3 Å². The molecule has 168 valence electrons. The van der Waals surface area contributed by atoms with Crippen molar-refractivity contribution >= 4 is 27.7 Å². The molecule has 2 aromatic carbocycles. The molecule has 6 heteroatoms. The summed E-state index contributed by atoms with van der Waals surface area (Å²) in [4.78, 5) is 27.6. The van der Waals surface area contributed by atoms with Crippen molar-refractivity contribution in [1.82, 2.24) is 10.2 Å². The Kier molecular flexibility index (Phi) is 10.0. The number of hydrogen-bond acceptors (Lipinski definition) is 3. The molecule has 1 N–H and O–H groups in total. The smallest absolute Gasteiger partial charge is 0.261 e. The fourth-order valence-electron chi connectivity index (χ4n) is 3.28. The third kappa shape index (κ3) is 7.39. The maximum atomic E-state index is 13.2. The van der Waals surface area contributed by atoms with Gasteiger partial charge in [-0.1, -0.05) is 56.7 Å². The molecule has 0 aromatic heterocycles. The maximum Gasteiger partial charge on any atom is 0.261 e. The Balaban J connectivity index is 2.19. The van der Waals surface area contributed by atoms with Gasteiger partial charge in [0, 0.05) is 13.1 Å². The summed E-state index contributed by atoms with van der Waals surface area (Å²) < 4.78 is 6.64. The molecule has 0 aliphatic heterocycles. The minimum atomic E-state index is -0.546. The molecular formula is C25H33BrN2O3. The van der Waals surface area contributed by atoms with Gasteiger partial charge < -0.3 is 15.0 Å². The summed E-state index contributed by atoms with van der Waals surface area (Å²) >= 11 is 3.52. The fourth-order valence-corrected chi connectivity index (χ4v) is 3.82. The summed E-state index contributed by atoms with van der Waals surface area (Å²) in [5, 5.41) is 2.93. The van der Waals surface area contributed by atoms with Gasteiger partial charge in [-0.3, -0.25) is 9.59 Å². The van der Waals surface area contributed by atoms with E-state index >= 15 is 0 Å². The van der Waals surface area contributed by atoms with Crippen molar-refractivity contribution in [2.24, 2.45) is 0 Å².